The van der Waals surface area contributed by atoms with Gasteiger partial charge in [-0.2, -0.15) is 0 Å². The first-order chi connectivity index (χ1) is 18.3. The number of hydrogen-bond acceptors (Lipinski definition) is 3. The first-order valence-electron chi connectivity index (χ1n) is 13.3. The Morgan fingerprint density at radius 1 is 0.605 bits per heavy atom. The fraction of sp³-hybridized carbons (Fsp3) is 0.206. The molecule has 1 aliphatic carbocycles. The van der Waals surface area contributed by atoms with Crippen LogP contribution in [-0.4, -0.2) is 23.3 Å². The number of benzene rings is 4. The summed E-state index contributed by atoms with van der Waals surface area (Å²) < 4.78 is 13.0. The molecule has 1 fully saturated rings. The number of rotatable bonds is 3. The van der Waals surface area contributed by atoms with Crippen LogP contribution in [0.5, 0.6) is 0 Å². The van der Waals surface area contributed by atoms with E-state index in [4.69, 9.17) is 14.3 Å². The van der Waals surface area contributed by atoms with E-state index in [0.717, 1.165) is 22.1 Å². The van der Waals surface area contributed by atoms with Gasteiger partial charge in [-0.15, -0.1) is 0 Å². The Bertz CT molecular complexity index is 1680. The smallest absolute Gasteiger partial charge is 0.399 e. The molecule has 1 aliphatic heterocycles. The van der Waals surface area contributed by atoms with Crippen molar-refractivity contribution in [2.75, 3.05) is 0 Å². The molecule has 0 amide bonds. The molecule has 38 heavy (non-hydrogen) atoms. The summed E-state index contributed by atoms with van der Waals surface area (Å²) in [5.74, 6) is 0. The van der Waals surface area contributed by atoms with Crippen LogP contribution < -0.4 is 5.46 Å². The Kier molecular flexibility index (Phi) is 5.01. The molecule has 7 rings (SSSR count). The standard InChI is InChI=1S/C34H30BNO2/c1-32(2)33(3,4)38-35(37-32)25-19-20-27-26-15-9-10-16-28(26)34(29(27)22-25,24-13-6-5-7-14-24)31-21-18-23-12-8-11-17-30(23)36-31/h5-22H,1-4H3. The van der Waals surface area contributed by atoms with Crippen LogP contribution in [0.2, 0.25) is 0 Å². The van der Waals surface area contributed by atoms with Crippen LogP contribution in [0.15, 0.2) is 109 Å². The minimum absolute atomic E-state index is 0.407. The average molecular weight is 495 g/mol. The van der Waals surface area contributed by atoms with Crippen molar-refractivity contribution in [3.63, 3.8) is 0 Å². The minimum atomic E-state index is -0.573. The maximum absolute atomic E-state index is 6.49. The molecular weight excluding hydrogens is 465 g/mol. The molecule has 0 bridgehead atoms. The fourth-order valence-electron chi connectivity index (χ4n) is 6.12. The lowest BCUT2D eigenvalue weighted by molar-refractivity contribution is 0.00578. The Balaban J connectivity index is 1.53. The molecule has 5 aromatic rings. The van der Waals surface area contributed by atoms with Crippen molar-refractivity contribution in [2.45, 2.75) is 44.3 Å². The normalized spacial score (nSPS) is 20.9. The van der Waals surface area contributed by atoms with Gasteiger partial charge in [-0.25, -0.2) is 0 Å². The highest BCUT2D eigenvalue weighted by Crippen LogP contribution is 2.55. The molecule has 186 valence electrons. The summed E-state index contributed by atoms with van der Waals surface area (Å²) >= 11 is 0. The molecule has 4 aromatic carbocycles. The lowest BCUT2D eigenvalue weighted by Crippen LogP contribution is -2.41. The number of para-hydroxylation sites is 1. The second-order valence-electron chi connectivity index (χ2n) is 11.4. The largest absolute Gasteiger partial charge is 0.494 e. The van der Waals surface area contributed by atoms with E-state index in [1.54, 1.807) is 0 Å². The highest BCUT2D eigenvalue weighted by Gasteiger charge is 2.53. The van der Waals surface area contributed by atoms with Crippen LogP contribution in [0.4, 0.5) is 0 Å². The zero-order valence-electron chi connectivity index (χ0n) is 22.2. The van der Waals surface area contributed by atoms with Gasteiger partial charge in [-0.05, 0) is 73.1 Å². The van der Waals surface area contributed by atoms with Crippen molar-refractivity contribution in [3.8, 4) is 11.1 Å². The van der Waals surface area contributed by atoms with Gasteiger partial charge in [-0.1, -0.05) is 97.1 Å². The Morgan fingerprint density at radius 3 is 2.05 bits per heavy atom. The van der Waals surface area contributed by atoms with Gasteiger partial charge >= 0.3 is 7.12 Å². The van der Waals surface area contributed by atoms with E-state index in [1.165, 1.54) is 27.8 Å². The molecule has 0 spiro atoms. The third-order valence-electron chi connectivity index (χ3n) is 8.78. The van der Waals surface area contributed by atoms with Gasteiger partial charge in [0.15, 0.2) is 0 Å². The Labute approximate surface area is 224 Å². The zero-order chi connectivity index (χ0) is 26.1. The number of nitrogens with zero attached hydrogens (tertiary/aromatic N) is 1. The second-order valence-corrected chi connectivity index (χ2v) is 11.4. The molecule has 1 saturated heterocycles. The third-order valence-corrected chi connectivity index (χ3v) is 8.78. The summed E-state index contributed by atoms with van der Waals surface area (Å²) in [6.07, 6.45) is 0. The molecule has 1 unspecified atom stereocenters. The quantitative estimate of drug-likeness (QED) is 0.251. The van der Waals surface area contributed by atoms with Crippen LogP contribution in [0.25, 0.3) is 22.0 Å². The average Bonchev–Trinajstić information content (AvgIpc) is 3.35. The van der Waals surface area contributed by atoms with Gasteiger partial charge < -0.3 is 9.31 Å². The number of aromatic nitrogens is 1. The van der Waals surface area contributed by atoms with Crippen molar-refractivity contribution >= 4 is 23.5 Å². The van der Waals surface area contributed by atoms with Crippen LogP contribution in [0.1, 0.15) is 50.1 Å². The summed E-state index contributed by atoms with van der Waals surface area (Å²) in [6.45, 7) is 8.40. The summed E-state index contributed by atoms with van der Waals surface area (Å²) in [7, 11) is -0.438. The van der Waals surface area contributed by atoms with Gasteiger partial charge in [0, 0.05) is 5.39 Å². The second kappa shape index (κ2) is 8.13. The summed E-state index contributed by atoms with van der Waals surface area (Å²) in [4.78, 5) is 5.31. The number of pyridine rings is 1. The van der Waals surface area contributed by atoms with Crippen molar-refractivity contribution in [1.82, 2.24) is 4.98 Å². The first-order valence-corrected chi connectivity index (χ1v) is 13.3. The Morgan fingerprint density at radius 2 is 1.26 bits per heavy atom. The maximum Gasteiger partial charge on any atom is 0.494 e. The van der Waals surface area contributed by atoms with Crippen molar-refractivity contribution in [3.05, 3.63) is 132 Å². The van der Waals surface area contributed by atoms with E-state index < -0.39 is 23.7 Å². The van der Waals surface area contributed by atoms with Gasteiger partial charge in [-0.3, -0.25) is 4.98 Å². The molecule has 1 atom stereocenters. The lowest BCUT2D eigenvalue weighted by Gasteiger charge is -2.33. The van der Waals surface area contributed by atoms with Crippen molar-refractivity contribution in [1.29, 1.82) is 0 Å². The van der Waals surface area contributed by atoms with Gasteiger partial charge in [0.1, 0.15) is 0 Å². The van der Waals surface area contributed by atoms with Crippen LogP contribution >= 0.6 is 0 Å². The molecule has 4 heteroatoms. The van der Waals surface area contributed by atoms with E-state index in [-0.39, 0.29) is 0 Å². The summed E-state index contributed by atoms with van der Waals surface area (Å²) in [5, 5.41) is 1.14. The maximum atomic E-state index is 6.49. The predicted octanol–water partition coefficient (Wildman–Crippen LogP) is 6.90. The highest BCUT2D eigenvalue weighted by atomic mass is 16.7. The van der Waals surface area contributed by atoms with Gasteiger partial charge in [0.05, 0.1) is 27.8 Å². The van der Waals surface area contributed by atoms with E-state index in [1.807, 2.05) is 0 Å². The highest BCUT2D eigenvalue weighted by molar-refractivity contribution is 6.62. The van der Waals surface area contributed by atoms with Gasteiger partial charge in [0.2, 0.25) is 0 Å². The van der Waals surface area contributed by atoms with Gasteiger partial charge in [0.25, 0.3) is 0 Å². The number of hydrogen-bond donors (Lipinski definition) is 0. The topological polar surface area (TPSA) is 31.4 Å². The van der Waals surface area contributed by atoms with Crippen LogP contribution in [-0.2, 0) is 14.7 Å². The van der Waals surface area contributed by atoms with E-state index in [0.29, 0.717) is 0 Å². The van der Waals surface area contributed by atoms with Crippen molar-refractivity contribution in [2.24, 2.45) is 0 Å². The van der Waals surface area contributed by atoms with Crippen molar-refractivity contribution < 1.29 is 9.31 Å². The molecular formula is C34H30BNO2. The monoisotopic (exact) mass is 495 g/mol. The van der Waals surface area contributed by atoms with E-state index in [9.17, 15) is 0 Å². The summed E-state index contributed by atoms with van der Waals surface area (Å²) in [6, 6.07) is 38.9. The minimum Gasteiger partial charge on any atom is -0.399 e. The van der Waals surface area contributed by atoms with E-state index >= 15 is 0 Å². The Hall–Kier alpha value is -3.73. The molecule has 1 aromatic heterocycles. The predicted molar refractivity (Wildman–Crippen MR) is 155 cm³/mol. The fourth-order valence-corrected chi connectivity index (χ4v) is 6.12. The zero-order valence-corrected chi connectivity index (χ0v) is 22.2. The molecule has 0 saturated carbocycles. The molecule has 3 nitrogen and oxygen atoms in total. The molecule has 2 heterocycles. The molecule has 0 radical (unpaired) electrons. The first kappa shape index (κ1) is 23.4. The van der Waals surface area contributed by atoms with E-state index in [2.05, 4.69) is 137 Å². The lowest BCUT2D eigenvalue weighted by atomic mass is 9.68. The molecule has 2 aliphatic rings. The van der Waals surface area contributed by atoms with Crippen LogP contribution in [0, 0.1) is 0 Å². The third kappa shape index (κ3) is 3.20. The SMILES string of the molecule is CC1(C)OB(c2ccc3c(c2)C(c2ccccc2)(c2ccc4ccccc4n2)c2ccccc2-3)OC1(C)C. The number of fused-ring (bicyclic) bond motifs is 4. The molecule has 0 N–H and O–H groups in total. The van der Waals surface area contributed by atoms with Crippen LogP contribution in [0.3, 0.4) is 0 Å². The summed E-state index contributed by atoms with van der Waals surface area (Å²) in [5.41, 5.74) is 7.75.